The van der Waals surface area contributed by atoms with Crippen LogP contribution in [0.2, 0.25) is 0 Å². The highest BCUT2D eigenvalue weighted by atomic mass is 32.2. The van der Waals surface area contributed by atoms with Gasteiger partial charge in [-0.05, 0) is 66.3 Å². The number of anilines is 1. The molecular weight excluding hydrogens is 387 g/mol. The molecule has 150 valence electrons. The van der Waals surface area contributed by atoms with Gasteiger partial charge in [-0.25, -0.2) is 9.82 Å². The minimum atomic E-state index is -0.307. The minimum Gasteiger partial charge on any atom is -0.326 e. The molecule has 0 spiro atoms. The number of amidine groups is 1. The molecule has 0 radical (unpaired) electrons. The number of hydrogen-bond donors (Lipinski definition) is 2. The normalized spacial score (nSPS) is 20.6. The molecule has 1 unspecified atom stereocenters. The van der Waals surface area contributed by atoms with Crippen LogP contribution in [0.1, 0.15) is 43.9 Å². The molecule has 0 saturated heterocycles. The van der Waals surface area contributed by atoms with Gasteiger partial charge >= 0.3 is 0 Å². The maximum Gasteiger partial charge on any atom is 0.299 e. The third kappa shape index (κ3) is 3.67. The van der Waals surface area contributed by atoms with Crippen molar-refractivity contribution in [1.82, 2.24) is 5.43 Å². The predicted octanol–water partition coefficient (Wildman–Crippen LogP) is 4.89. The summed E-state index contributed by atoms with van der Waals surface area (Å²) in [6.45, 7) is 7.11. The monoisotopic (exact) mass is 410 g/mol. The van der Waals surface area contributed by atoms with E-state index < -0.39 is 0 Å². The third-order valence-corrected chi connectivity index (χ3v) is 6.48. The molecule has 0 aliphatic carbocycles. The molecule has 5 nitrogen and oxygen atoms in total. The molecule has 29 heavy (non-hydrogen) atoms. The van der Waals surface area contributed by atoms with Gasteiger partial charge in [0.2, 0.25) is 0 Å². The number of halogens is 1. The van der Waals surface area contributed by atoms with E-state index in [9.17, 15) is 9.18 Å². The van der Waals surface area contributed by atoms with Gasteiger partial charge in [-0.15, -0.1) is 0 Å². The summed E-state index contributed by atoms with van der Waals surface area (Å²) < 4.78 is 13.3. The highest BCUT2D eigenvalue weighted by molar-refractivity contribution is 8.14. The zero-order valence-corrected chi connectivity index (χ0v) is 17.4. The summed E-state index contributed by atoms with van der Waals surface area (Å²) >= 11 is 1.23. The smallest absolute Gasteiger partial charge is 0.299 e. The second-order valence-electron chi connectivity index (χ2n) is 8.03. The molecule has 0 bridgehead atoms. The molecule has 0 saturated carbocycles. The van der Waals surface area contributed by atoms with Crippen LogP contribution in [0.4, 0.5) is 14.9 Å². The number of carbonyl (C=O) groups excluding carboxylic acids is 1. The van der Waals surface area contributed by atoms with Crippen LogP contribution in [0.15, 0.2) is 47.6 Å². The zero-order valence-electron chi connectivity index (χ0n) is 16.6. The number of amides is 1. The molecule has 2 aliphatic rings. The number of hydrazone groups is 1. The fraction of sp³-hybridized carbons (Fsp3) is 0.318. The van der Waals surface area contributed by atoms with Crippen LogP contribution in [-0.2, 0) is 5.41 Å². The van der Waals surface area contributed by atoms with Gasteiger partial charge in [0.1, 0.15) is 11.7 Å². The number of rotatable bonds is 2. The average Bonchev–Trinajstić information content (AvgIpc) is 2.68. The van der Waals surface area contributed by atoms with Gasteiger partial charge in [0.25, 0.3) is 5.24 Å². The quantitative estimate of drug-likeness (QED) is 0.547. The first-order valence-corrected chi connectivity index (χ1v) is 10.5. The zero-order chi connectivity index (χ0) is 20.8. The standard InChI is InChI=1S/C22H23FN4OS/c1-13-19(25-26-21(28)29-13)15-6-9-18-17(12-15)22(2,3)10-11-27(18)20(24)14-4-7-16(23)8-5-14/h4-9,12-13,24H,10-11H2,1-3H3,(H,26,28). The Labute approximate surface area is 173 Å². The molecule has 2 heterocycles. The number of nitrogens with zero attached hydrogens (tertiary/aromatic N) is 2. The first-order chi connectivity index (χ1) is 13.8. The summed E-state index contributed by atoms with van der Waals surface area (Å²) in [5.74, 6) is 0.0550. The third-order valence-electron chi connectivity index (χ3n) is 5.60. The van der Waals surface area contributed by atoms with E-state index in [2.05, 4.69) is 30.4 Å². The maximum atomic E-state index is 13.3. The molecule has 7 heteroatoms. The van der Waals surface area contributed by atoms with E-state index in [1.807, 2.05) is 24.0 Å². The number of carbonyl (C=O) groups is 1. The number of hydrogen-bond acceptors (Lipinski definition) is 4. The summed E-state index contributed by atoms with van der Waals surface area (Å²) in [6.07, 6.45) is 0.889. The first-order valence-electron chi connectivity index (χ1n) is 9.57. The van der Waals surface area contributed by atoms with Gasteiger partial charge in [0.15, 0.2) is 0 Å². The van der Waals surface area contributed by atoms with E-state index >= 15 is 0 Å². The lowest BCUT2D eigenvalue weighted by molar-refractivity contribution is 0.261. The number of fused-ring (bicyclic) bond motifs is 1. The molecule has 1 atom stereocenters. The van der Waals surface area contributed by atoms with E-state index in [-0.39, 0.29) is 21.7 Å². The molecule has 2 aliphatic heterocycles. The van der Waals surface area contributed by atoms with Gasteiger partial charge < -0.3 is 4.90 Å². The fourth-order valence-electron chi connectivity index (χ4n) is 3.85. The lowest BCUT2D eigenvalue weighted by Gasteiger charge is -2.40. The van der Waals surface area contributed by atoms with Crippen LogP contribution in [-0.4, -0.2) is 28.6 Å². The molecular formula is C22H23FN4OS. The van der Waals surface area contributed by atoms with Crippen molar-refractivity contribution in [2.45, 2.75) is 37.9 Å². The molecule has 0 aromatic heterocycles. The van der Waals surface area contributed by atoms with E-state index in [4.69, 9.17) is 5.41 Å². The second kappa shape index (κ2) is 7.30. The van der Waals surface area contributed by atoms with Crippen molar-refractivity contribution in [3.8, 4) is 0 Å². The van der Waals surface area contributed by atoms with E-state index in [1.54, 1.807) is 12.1 Å². The van der Waals surface area contributed by atoms with Crippen molar-refractivity contribution in [3.63, 3.8) is 0 Å². The van der Waals surface area contributed by atoms with Gasteiger partial charge in [0.05, 0.1) is 11.0 Å². The summed E-state index contributed by atoms with van der Waals surface area (Å²) in [5, 5.41) is 12.8. The van der Waals surface area contributed by atoms with Crippen LogP contribution in [0, 0.1) is 11.2 Å². The van der Waals surface area contributed by atoms with Crippen molar-refractivity contribution < 1.29 is 9.18 Å². The molecule has 1 amide bonds. The first kappa shape index (κ1) is 19.6. The SMILES string of the molecule is CC1SC(=O)NN=C1c1ccc2c(c1)C(C)(C)CCN2C(=N)c1ccc(F)cc1. The molecule has 4 rings (SSSR count). The highest BCUT2D eigenvalue weighted by Gasteiger charge is 2.34. The largest absolute Gasteiger partial charge is 0.326 e. The fourth-order valence-corrected chi connectivity index (χ4v) is 4.57. The Morgan fingerprint density at radius 2 is 2.00 bits per heavy atom. The lowest BCUT2D eigenvalue weighted by Crippen LogP contribution is -2.41. The average molecular weight is 411 g/mol. The molecule has 2 aromatic rings. The summed E-state index contributed by atoms with van der Waals surface area (Å²) in [6, 6.07) is 12.2. The van der Waals surface area contributed by atoms with Crippen LogP contribution < -0.4 is 10.3 Å². The Kier molecular flexibility index (Phi) is 4.94. The topological polar surface area (TPSA) is 68.6 Å². The predicted molar refractivity (Wildman–Crippen MR) is 117 cm³/mol. The van der Waals surface area contributed by atoms with Crippen LogP contribution in [0.5, 0.6) is 0 Å². The molecule has 2 aromatic carbocycles. The van der Waals surface area contributed by atoms with Crippen molar-refractivity contribution in [3.05, 3.63) is 65.0 Å². The number of benzene rings is 2. The van der Waals surface area contributed by atoms with Crippen molar-refractivity contribution in [2.24, 2.45) is 5.10 Å². The van der Waals surface area contributed by atoms with Gasteiger partial charge in [-0.2, -0.15) is 5.10 Å². The van der Waals surface area contributed by atoms with Gasteiger partial charge in [-0.1, -0.05) is 31.7 Å². The van der Waals surface area contributed by atoms with Crippen molar-refractivity contribution in [1.29, 1.82) is 5.41 Å². The number of nitrogens with one attached hydrogen (secondary N) is 2. The van der Waals surface area contributed by atoms with Crippen LogP contribution in [0.25, 0.3) is 0 Å². The minimum absolute atomic E-state index is 0.0258. The summed E-state index contributed by atoms with van der Waals surface area (Å²) in [5.41, 5.74) is 7.14. The van der Waals surface area contributed by atoms with Gasteiger partial charge in [0, 0.05) is 17.8 Å². The van der Waals surface area contributed by atoms with Gasteiger partial charge in [-0.3, -0.25) is 10.2 Å². The second-order valence-corrected chi connectivity index (χ2v) is 9.34. The Hall–Kier alpha value is -2.67. The van der Waals surface area contributed by atoms with Crippen molar-refractivity contribution >= 4 is 34.2 Å². The summed E-state index contributed by atoms with van der Waals surface area (Å²) in [7, 11) is 0. The van der Waals surface area contributed by atoms with Crippen molar-refractivity contribution in [2.75, 3.05) is 11.4 Å². The van der Waals surface area contributed by atoms with E-state index in [1.165, 1.54) is 23.9 Å². The van der Waals surface area contributed by atoms with E-state index in [0.717, 1.165) is 35.5 Å². The Bertz CT molecular complexity index is 1020. The lowest BCUT2D eigenvalue weighted by atomic mass is 9.76. The Balaban J connectivity index is 1.74. The maximum absolute atomic E-state index is 13.3. The molecule has 2 N–H and O–H groups in total. The van der Waals surface area contributed by atoms with E-state index in [0.29, 0.717) is 11.4 Å². The van der Waals surface area contributed by atoms with Crippen LogP contribution in [0.3, 0.4) is 0 Å². The molecule has 0 fully saturated rings. The highest BCUT2D eigenvalue weighted by Crippen LogP contribution is 2.41. The summed E-state index contributed by atoms with van der Waals surface area (Å²) in [4.78, 5) is 13.5. The number of thioether (sulfide) groups is 1. The van der Waals surface area contributed by atoms with Crippen LogP contribution >= 0.6 is 11.8 Å². The Morgan fingerprint density at radius 3 is 2.69 bits per heavy atom. The Morgan fingerprint density at radius 1 is 1.28 bits per heavy atom.